The molecule has 0 saturated carbocycles. The number of ether oxygens (including phenoxy) is 3. The molecule has 34 heavy (non-hydrogen) atoms. The third kappa shape index (κ3) is 8.34. The lowest BCUT2D eigenvalue weighted by Crippen LogP contribution is -2.08. The minimum Gasteiger partial charge on any atom is -0.494 e. The zero-order valence-corrected chi connectivity index (χ0v) is 19.4. The summed E-state index contributed by atoms with van der Waals surface area (Å²) >= 11 is 0. The van der Waals surface area contributed by atoms with Gasteiger partial charge in [-0.25, -0.2) is 4.79 Å². The molecule has 0 saturated heterocycles. The molecule has 0 aliphatic heterocycles. The Morgan fingerprint density at radius 2 is 1.35 bits per heavy atom. The van der Waals surface area contributed by atoms with Gasteiger partial charge < -0.3 is 14.2 Å². The first-order valence-corrected chi connectivity index (χ1v) is 11.5. The Bertz CT molecular complexity index is 1050. The number of ketones is 1. The lowest BCUT2D eigenvalue weighted by Gasteiger charge is -2.08. The van der Waals surface area contributed by atoms with Crippen LogP contribution in [0.4, 0.5) is 0 Å². The van der Waals surface area contributed by atoms with Crippen molar-refractivity contribution in [3.8, 4) is 11.5 Å². The highest BCUT2D eigenvalue weighted by Gasteiger charge is 2.09. The van der Waals surface area contributed by atoms with Crippen LogP contribution in [0, 0.1) is 0 Å². The standard InChI is InChI=1S/C29H30O5/c1-32-21-7-2-3-8-22-33-26-18-14-25(15-19-26)29(31)34-27-16-11-23(12-17-27)13-20-28(30)24-9-5-4-6-10-24/h4-6,9-20H,2-3,7-8,21-22H2,1H3/b20-13+. The van der Waals surface area contributed by atoms with Crippen molar-refractivity contribution in [2.75, 3.05) is 20.3 Å². The fraction of sp³-hybridized carbons (Fsp3) is 0.241. The average Bonchev–Trinajstić information content (AvgIpc) is 2.88. The number of rotatable bonds is 13. The fourth-order valence-corrected chi connectivity index (χ4v) is 3.26. The van der Waals surface area contributed by atoms with Crippen molar-refractivity contribution < 1.29 is 23.8 Å². The molecule has 0 fully saturated rings. The fourth-order valence-electron chi connectivity index (χ4n) is 3.26. The molecule has 5 heteroatoms. The number of carbonyl (C=O) groups excluding carboxylic acids is 2. The van der Waals surface area contributed by atoms with Crippen molar-refractivity contribution in [3.63, 3.8) is 0 Å². The van der Waals surface area contributed by atoms with E-state index in [9.17, 15) is 9.59 Å². The minimum absolute atomic E-state index is 0.0643. The summed E-state index contributed by atoms with van der Waals surface area (Å²) in [6.45, 7) is 1.45. The number of hydrogen-bond acceptors (Lipinski definition) is 5. The molecule has 0 spiro atoms. The predicted molar refractivity (Wildman–Crippen MR) is 133 cm³/mol. The predicted octanol–water partition coefficient (Wildman–Crippen LogP) is 6.39. The van der Waals surface area contributed by atoms with E-state index in [1.165, 1.54) is 6.08 Å². The first kappa shape index (κ1) is 24.9. The molecule has 0 aliphatic carbocycles. The quantitative estimate of drug-likeness (QED) is 0.0977. The zero-order chi connectivity index (χ0) is 24.0. The smallest absolute Gasteiger partial charge is 0.343 e. The van der Waals surface area contributed by atoms with Crippen molar-refractivity contribution in [1.82, 2.24) is 0 Å². The molecule has 0 N–H and O–H groups in total. The first-order valence-electron chi connectivity index (χ1n) is 11.5. The summed E-state index contributed by atoms with van der Waals surface area (Å²) in [5, 5.41) is 0. The monoisotopic (exact) mass is 458 g/mol. The van der Waals surface area contributed by atoms with Crippen LogP contribution >= 0.6 is 0 Å². The van der Waals surface area contributed by atoms with E-state index in [0.29, 0.717) is 23.5 Å². The van der Waals surface area contributed by atoms with E-state index in [0.717, 1.165) is 43.6 Å². The Hall–Kier alpha value is -3.70. The Morgan fingerprint density at radius 1 is 0.706 bits per heavy atom. The van der Waals surface area contributed by atoms with Crippen LogP contribution < -0.4 is 9.47 Å². The maximum absolute atomic E-state index is 12.4. The van der Waals surface area contributed by atoms with Gasteiger partial charge >= 0.3 is 5.97 Å². The molecule has 0 radical (unpaired) electrons. The highest BCUT2D eigenvalue weighted by Crippen LogP contribution is 2.18. The van der Waals surface area contributed by atoms with Gasteiger partial charge in [0.25, 0.3) is 0 Å². The Kier molecular flexibility index (Phi) is 10.1. The topological polar surface area (TPSA) is 61.8 Å². The Balaban J connectivity index is 1.44. The van der Waals surface area contributed by atoms with Crippen LogP contribution in [-0.2, 0) is 4.74 Å². The highest BCUT2D eigenvalue weighted by atomic mass is 16.5. The summed E-state index contributed by atoms with van der Waals surface area (Å²) in [6.07, 6.45) is 7.55. The molecular formula is C29H30O5. The number of methoxy groups -OCH3 is 1. The van der Waals surface area contributed by atoms with Gasteiger partial charge in [-0.05, 0) is 67.3 Å². The second-order valence-corrected chi connectivity index (χ2v) is 7.80. The van der Waals surface area contributed by atoms with E-state index in [1.807, 2.05) is 18.2 Å². The maximum Gasteiger partial charge on any atom is 0.343 e. The number of hydrogen-bond donors (Lipinski definition) is 0. The van der Waals surface area contributed by atoms with E-state index in [1.54, 1.807) is 73.8 Å². The molecule has 3 aromatic carbocycles. The SMILES string of the molecule is COCCCCCCOc1ccc(C(=O)Oc2ccc(/C=C/C(=O)c3ccccc3)cc2)cc1. The van der Waals surface area contributed by atoms with Crippen molar-refractivity contribution >= 4 is 17.8 Å². The van der Waals surface area contributed by atoms with Gasteiger partial charge in [-0.1, -0.05) is 55.0 Å². The largest absolute Gasteiger partial charge is 0.494 e. The lowest BCUT2D eigenvalue weighted by atomic mass is 10.1. The molecule has 0 aliphatic rings. The van der Waals surface area contributed by atoms with Gasteiger partial charge in [0.15, 0.2) is 5.78 Å². The van der Waals surface area contributed by atoms with Crippen LogP contribution in [-0.4, -0.2) is 32.1 Å². The van der Waals surface area contributed by atoms with Crippen LogP contribution in [0.25, 0.3) is 6.08 Å². The molecule has 0 aromatic heterocycles. The lowest BCUT2D eigenvalue weighted by molar-refractivity contribution is 0.0734. The van der Waals surface area contributed by atoms with E-state index in [4.69, 9.17) is 14.2 Å². The number of unbranched alkanes of at least 4 members (excludes halogenated alkanes) is 3. The molecule has 0 unspecified atom stereocenters. The number of esters is 1. The van der Waals surface area contributed by atoms with Gasteiger partial charge in [-0.15, -0.1) is 0 Å². The second-order valence-electron chi connectivity index (χ2n) is 7.80. The van der Waals surface area contributed by atoms with Crippen LogP contribution in [0.3, 0.4) is 0 Å². The molecule has 5 nitrogen and oxygen atoms in total. The van der Waals surface area contributed by atoms with Crippen molar-refractivity contribution in [3.05, 3.63) is 102 Å². The van der Waals surface area contributed by atoms with E-state index < -0.39 is 5.97 Å². The second kappa shape index (κ2) is 13.8. The third-order valence-electron chi connectivity index (χ3n) is 5.18. The minimum atomic E-state index is -0.438. The van der Waals surface area contributed by atoms with Crippen molar-refractivity contribution in [1.29, 1.82) is 0 Å². The Morgan fingerprint density at radius 3 is 2.03 bits per heavy atom. The van der Waals surface area contributed by atoms with E-state index in [2.05, 4.69) is 0 Å². The van der Waals surface area contributed by atoms with Gasteiger partial charge in [0.05, 0.1) is 12.2 Å². The molecule has 0 heterocycles. The zero-order valence-electron chi connectivity index (χ0n) is 19.4. The molecule has 3 rings (SSSR count). The van der Waals surface area contributed by atoms with E-state index >= 15 is 0 Å². The summed E-state index contributed by atoms with van der Waals surface area (Å²) in [5.41, 5.74) is 1.92. The van der Waals surface area contributed by atoms with Gasteiger partial charge in [-0.3, -0.25) is 4.79 Å². The normalized spacial score (nSPS) is 10.9. The summed E-state index contributed by atoms with van der Waals surface area (Å²) < 4.78 is 16.2. The molecule has 3 aromatic rings. The average molecular weight is 459 g/mol. The summed E-state index contributed by atoms with van der Waals surface area (Å²) in [7, 11) is 1.72. The van der Waals surface area contributed by atoms with E-state index in [-0.39, 0.29) is 5.78 Å². The van der Waals surface area contributed by atoms with Crippen LogP contribution in [0.2, 0.25) is 0 Å². The molecule has 176 valence electrons. The summed E-state index contributed by atoms with van der Waals surface area (Å²) in [6, 6.07) is 23.0. The first-order chi connectivity index (χ1) is 16.7. The third-order valence-corrected chi connectivity index (χ3v) is 5.18. The number of benzene rings is 3. The van der Waals surface area contributed by atoms with Gasteiger partial charge in [0.2, 0.25) is 0 Å². The van der Waals surface area contributed by atoms with Gasteiger partial charge in [0, 0.05) is 19.3 Å². The Labute approximate surface area is 201 Å². The summed E-state index contributed by atoms with van der Waals surface area (Å²) in [4.78, 5) is 24.6. The van der Waals surface area contributed by atoms with Gasteiger partial charge in [-0.2, -0.15) is 0 Å². The van der Waals surface area contributed by atoms with Gasteiger partial charge in [0.1, 0.15) is 11.5 Å². The summed E-state index contributed by atoms with van der Waals surface area (Å²) in [5.74, 6) is 0.665. The molecule has 0 bridgehead atoms. The highest BCUT2D eigenvalue weighted by molar-refractivity contribution is 6.06. The van der Waals surface area contributed by atoms with Crippen molar-refractivity contribution in [2.24, 2.45) is 0 Å². The van der Waals surface area contributed by atoms with Crippen LogP contribution in [0.1, 0.15) is 52.0 Å². The van der Waals surface area contributed by atoms with Crippen LogP contribution in [0.15, 0.2) is 84.9 Å². The van der Waals surface area contributed by atoms with Crippen molar-refractivity contribution in [2.45, 2.75) is 25.7 Å². The van der Waals surface area contributed by atoms with Crippen LogP contribution in [0.5, 0.6) is 11.5 Å². The molecular weight excluding hydrogens is 428 g/mol. The molecule has 0 amide bonds. The number of allylic oxidation sites excluding steroid dienone is 1. The maximum atomic E-state index is 12.4. The number of carbonyl (C=O) groups is 2. The molecule has 0 atom stereocenters.